The summed E-state index contributed by atoms with van der Waals surface area (Å²) in [6.45, 7) is 3.86. The van der Waals surface area contributed by atoms with Crippen LogP contribution in [0.4, 0.5) is 13.2 Å². The molecule has 0 spiro atoms. The highest BCUT2D eigenvalue weighted by Gasteiger charge is 2.36. The normalized spacial score (nSPS) is 15.1. The fourth-order valence-corrected chi connectivity index (χ4v) is 7.00. The summed E-state index contributed by atoms with van der Waals surface area (Å²) in [5.41, 5.74) is 1.61. The molecule has 0 bridgehead atoms. The number of alkyl halides is 3. The molecule has 3 aromatic rings. The van der Waals surface area contributed by atoms with E-state index >= 15 is 0 Å². The zero-order chi connectivity index (χ0) is 31.6. The lowest BCUT2D eigenvalue weighted by atomic mass is 9.88. The van der Waals surface area contributed by atoms with Crippen molar-refractivity contribution in [3.05, 3.63) is 89.0 Å². The number of nitrogens with zero attached hydrogens (tertiary/aromatic N) is 1. The van der Waals surface area contributed by atoms with Gasteiger partial charge in [-0.2, -0.15) is 17.5 Å². The van der Waals surface area contributed by atoms with Crippen LogP contribution in [0.3, 0.4) is 0 Å². The van der Waals surface area contributed by atoms with Crippen LogP contribution in [-0.2, 0) is 40.3 Å². The Morgan fingerprint density at radius 3 is 2.19 bits per heavy atom. The largest absolute Gasteiger partial charge is 0.481 e. The van der Waals surface area contributed by atoms with Crippen LogP contribution in [0.2, 0.25) is 0 Å². The third-order valence-electron chi connectivity index (χ3n) is 7.84. The summed E-state index contributed by atoms with van der Waals surface area (Å²) in [7, 11) is -3.13. The number of aliphatic hydroxyl groups excluding tert-OH is 1. The molecular weight excluding hydrogens is 581 g/mol. The fraction of sp³-hybridized carbons (Fsp3) is 0.406. The molecule has 0 aliphatic heterocycles. The van der Waals surface area contributed by atoms with Crippen LogP contribution >= 0.6 is 0 Å². The Morgan fingerprint density at radius 1 is 1.02 bits per heavy atom. The van der Waals surface area contributed by atoms with Gasteiger partial charge >= 0.3 is 12.1 Å². The standard InChI is InChI=1S/C32H37F3N2O5S/c1-31(2,18-22-14-24-6-4-5-7-25(24)15-22)36-19-26(38)20-37(3)43(41,42)27-12-13-28(29(17-27)32(33,34)35)23-10-8-21(9-11-23)16-30(39)40/h4-13,17,22,26,36,38H,14-16,18-20H2,1-3H3,(H,39,40)/t26-/m1/s1. The molecule has 4 rings (SSSR count). The molecule has 0 saturated heterocycles. The van der Waals surface area contributed by atoms with Crippen molar-refractivity contribution in [2.24, 2.45) is 5.92 Å². The third kappa shape index (κ3) is 8.23. The summed E-state index contributed by atoms with van der Waals surface area (Å²) in [6.07, 6.45) is -3.39. The van der Waals surface area contributed by atoms with Crippen LogP contribution in [-0.4, -0.2) is 60.7 Å². The van der Waals surface area contributed by atoms with E-state index in [9.17, 15) is 31.5 Å². The first kappa shape index (κ1) is 32.7. The molecule has 1 aliphatic rings. The van der Waals surface area contributed by atoms with Gasteiger partial charge in [0, 0.05) is 25.7 Å². The second kappa shape index (κ2) is 12.8. The molecule has 0 fully saturated rings. The van der Waals surface area contributed by atoms with Gasteiger partial charge in [0.1, 0.15) is 0 Å². The Balaban J connectivity index is 1.41. The summed E-state index contributed by atoms with van der Waals surface area (Å²) in [6, 6.07) is 16.7. The number of sulfonamides is 1. The van der Waals surface area contributed by atoms with Crippen LogP contribution in [0.25, 0.3) is 11.1 Å². The number of fused-ring (bicyclic) bond motifs is 1. The maximum Gasteiger partial charge on any atom is 0.417 e. The van der Waals surface area contributed by atoms with Crippen LogP contribution < -0.4 is 5.32 Å². The number of carboxylic acids is 1. The second-order valence-electron chi connectivity index (χ2n) is 11.9. The number of benzene rings is 3. The highest BCUT2D eigenvalue weighted by molar-refractivity contribution is 7.89. The third-order valence-corrected chi connectivity index (χ3v) is 9.66. The number of aliphatic hydroxyl groups is 1. The summed E-state index contributed by atoms with van der Waals surface area (Å²) >= 11 is 0. The average Bonchev–Trinajstić information content (AvgIpc) is 3.33. The van der Waals surface area contributed by atoms with Crippen molar-refractivity contribution < 1.29 is 36.6 Å². The topological polar surface area (TPSA) is 107 Å². The van der Waals surface area contributed by atoms with Gasteiger partial charge in [0.15, 0.2) is 0 Å². The Labute approximate surface area is 250 Å². The summed E-state index contributed by atoms with van der Waals surface area (Å²) in [5, 5.41) is 22.9. The van der Waals surface area contributed by atoms with Crippen LogP contribution in [0.5, 0.6) is 0 Å². The van der Waals surface area contributed by atoms with Crippen molar-refractivity contribution >= 4 is 16.0 Å². The van der Waals surface area contributed by atoms with Gasteiger partial charge in [-0.3, -0.25) is 4.79 Å². The number of hydrogen-bond donors (Lipinski definition) is 3. The average molecular weight is 619 g/mol. The maximum atomic E-state index is 14.1. The molecule has 3 aromatic carbocycles. The smallest absolute Gasteiger partial charge is 0.417 e. The van der Waals surface area contributed by atoms with Gasteiger partial charge in [-0.15, -0.1) is 0 Å². The molecule has 0 saturated carbocycles. The van der Waals surface area contributed by atoms with E-state index in [0.29, 0.717) is 17.5 Å². The monoisotopic (exact) mass is 618 g/mol. The number of nitrogens with one attached hydrogen (secondary N) is 1. The minimum absolute atomic E-state index is 0.108. The van der Waals surface area contributed by atoms with Crippen molar-refractivity contribution in [1.82, 2.24) is 9.62 Å². The van der Waals surface area contributed by atoms with E-state index in [1.54, 1.807) is 0 Å². The Hall–Kier alpha value is -3.25. The van der Waals surface area contributed by atoms with E-state index in [0.717, 1.165) is 35.7 Å². The van der Waals surface area contributed by atoms with E-state index in [-0.39, 0.29) is 36.2 Å². The quantitative estimate of drug-likeness (QED) is 0.259. The van der Waals surface area contributed by atoms with E-state index in [4.69, 9.17) is 5.11 Å². The molecule has 11 heteroatoms. The summed E-state index contributed by atoms with van der Waals surface area (Å²) < 4.78 is 69.6. The molecular formula is C32H37F3N2O5S. The Morgan fingerprint density at radius 2 is 1.63 bits per heavy atom. The maximum absolute atomic E-state index is 14.1. The van der Waals surface area contributed by atoms with Crippen LogP contribution in [0.15, 0.2) is 71.6 Å². The molecule has 0 radical (unpaired) electrons. The predicted molar refractivity (Wildman–Crippen MR) is 158 cm³/mol. The predicted octanol–water partition coefficient (Wildman–Crippen LogP) is 5.15. The van der Waals surface area contributed by atoms with Crippen molar-refractivity contribution in [2.45, 2.75) is 62.2 Å². The van der Waals surface area contributed by atoms with Crippen molar-refractivity contribution in [3.8, 4) is 11.1 Å². The number of halogens is 3. The number of carboxylic acid groups (broad SMARTS) is 1. The number of carbonyl (C=O) groups is 1. The number of likely N-dealkylation sites (N-methyl/N-ethyl adjacent to an activating group) is 1. The first-order valence-electron chi connectivity index (χ1n) is 14.0. The van der Waals surface area contributed by atoms with Gasteiger partial charge in [-0.05, 0) is 79.0 Å². The van der Waals surface area contributed by atoms with Crippen LogP contribution in [0, 0.1) is 5.92 Å². The SMILES string of the molecule is CN(C[C@H](O)CNC(C)(C)CC1Cc2ccccc2C1)S(=O)(=O)c1ccc(-c2ccc(CC(=O)O)cc2)c(C(F)(F)F)c1. The van der Waals surface area contributed by atoms with Gasteiger partial charge in [0.2, 0.25) is 10.0 Å². The van der Waals surface area contributed by atoms with E-state index in [2.05, 4.69) is 17.4 Å². The second-order valence-corrected chi connectivity index (χ2v) is 14.0. The van der Waals surface area contributed by atoms with Gasteiger partial charge in [-0.1, -0.05) is 54.6 Å². The fourth-order valence-electron chi connectivity index (χ4n) is 5.77. The van der Waals surface area contributed by atoms with Gasteiger partial charge in [0.05, 0.1) is 23.0 Å². The first-order chi connectivity index (χ1) is 20.0. The summed E-state index contributed by atoms with van der Waals surface area (Å²) in [5.74, 6) is -0.615. The minimum atomic E-state index is -4.85. The van der Waals surface area contributed by atoms with Crippen molar-refractivity contribution in [2.75, 3.05) is 20.1 Å². The van der Waals surface area contributed by atoms with E-state index < -0.39 is 38.7 Å². The molecule has 43 heavy (non-hydrogen) atoms. The number of hydrogen-bond acceptors (Lipinski definition) is 5. The highest BCUT2D eigenvalue weighted by atomic mass is 32.2. The molecule has 0 unspecified atom stereocenters. The lowest BCUT2D eigenvalue weighted by Crippen LogP contribution is -2.47. The van der Waals surface area contributed by atoms with Crippen LogP contribution in [0.1, 0.15) is 42.5 Å². The van der Waals surface area contributed by atoms with E-state index in [1.165, 1.54) is 42.4 Å². The number of aliphatic carboxylic acids is 1. The van der Waals surface area contributed by atoms with Crippen molar-refractivity contribution in [3.63, 3.8) is 0 Å². The molecule has 1 atom stereocenters. The number of β-amino-alcohol motifs (C(OH)–C–C–N with tert-alkyl or cyclic N) is 1. The van der Waals surface area contributed by atoms with Crippen molar-refractivity contribution in [1.29, 1.82) is 0 Å². The van der Waals surface area contributed by atoms with Gasteiger partial charge in [-0.25, -0.2) is 8.42 Å². The highest BCUT2D eigenvalue weighted by Crippen LogP contribution is 2.39. The molecule has 232 valence electrons. The zero-order valence-corrected chi connectivity index (χ0v) is 25.2. The lowest BCUT2D eigenvalue weighted by molar-refractivity contribution is -0.137. The minimum Gasteiger partial charge on any atom is -0.481 e. The number of rotatable bonds is 12. The molecule has 0 amide bonds. The lowest BCUT2D eigenvalue weighted by Gasteiger charge is -2.31. The van der Waals surface area contributed by atoms with E-state index in [1.807, 2.05) is 26.0 Å². The Bertz CT molecular complexity index is 1530. The molecule has 3 N–H and O–H groups in total. The zero-order valence-electron chi connectivity index (χ0n) is 24.4. The summed E-state index contributed by atoms with van der Waals surface area (Å²) in [4.78, 5) is 10.4. The molecule has 0 aromatic heterocycles. The Kier molecular flexibility index (Phi) is 9.70. The van der Waals surface area contributed by atoms with Gasteiger partial charge < -0.3 is 15.5 Å². The molecule has 0 heterocycles. The molecule has 1 aliphatic carbocycles. The first-order valence-corrected chi connectivity index (χ1v) is 15.5. The molecule has 7 nitrogen and oxygen atoms in total. The van der Waals surface area contributed by atoms with Gasteiger partial charge in [0.25, 0.3) is 0 Å².